The molecule has 0 saturated carbocycles. The summed E-state index contributed by atoms with van der Waals surface area (Å²) in [5.41, 5.74) is 0.436. The molecule has 1 aromatic carbocycles. The van der Waals surface area contributed by atoms with Crippen molar-refractivity contribution >= 4 is 23.2 Å². The molecule has 0 aliphatic heterocycles. The zero-order valence-corrected chi connectivity index (χ0v) is 12.0. The Morgan fingerprint density at radius 1 is 1.40 bits per heavy atom. The number of hydrogen-bond donors (Lipinski definition) is 2. The Morgan fingerprint density at radius 2 is 2.10 bits per heavy atom. The number of anilines is 1. The third kappa shape index (κ3) is 6.16. The highest BCUT2D eigenvalue weighted by Gasteiger charge is 2.10. The van der Waals surface area contributed by atoms with E-state index in [-0.39, 0.29) is 16.7 Å². The second kappa shape index (κ2) is 8.01. The first kappa shape index (κ1) is 16.7. The molecule has 0 fully saturated rings. The fraction of sp³-hybridized carbons (Fsp3) is 0.462. The van der Waals surface area contributed by atoms with Crippen LogP contribution in [0, 0.1) is 0 Å². The van der Waals surface area contributed by atoms with Gasteiger partial charge in [0, 0.05) is 24.7 Å². The third-order valence-electron chi connectivity index (χ3n) is 2.34. The fourth-order valence-electron chi connectivity index (χ4n) is 1.47. The minimum absolute atomic E-state index is 0.0170. The highest BCUT2D eigenvalue weighted by molar-refractivity contribution is 6.32. The van der Waals surface area contributed by atoms with E-state index in [1.165, 1.54) is 18.2 Å². The maximum Gasteiger partial charge on any atom is 0.387 e. The van der Waals surface area contributed by atoms with Crippen molar-refractivity contribution in [3.05, 3.63) is 23.2 Å². The van der Waals surface area contributed by atoms with Crippen LogP contribution in [-0.4, -0.2) is 25.1 Å². The lowest BCUT2D eigenvalue weighted by Crippen LogP contribution is -2.27. The average Bonchev–Trinajstić information content (AvgIpc) is 2.31. The van der Waals surface area contributed by atoms with E-state index < -0.39 is 6.61 Å². The lowest BCUT2D eigenvalue weighted by atomic mass is 10.3. The molecule has 1 rings (SSSR count). The first-order valence-corrected chi connectivity index (χ1v) is 6.54. The summed E-state index contributed by atoms with van der Waals surface area (Å²) in [6.45, 7) is 1.60. The Labute approximate surface area is 121 Å². The molecule has 0 saturated heterocycles. The van der Waals surface area contributed by atoms with E-state index in [4.69, 9.17) is 11.6 Å². The largest absolute Gasteiger partial charge is 0.433 e. The van der Waals surface area contributed by atoms with E-state index in [0.29, 0.717) is 24.7 Å². The lowest BCUT2D eigenvalue weighted by molar-refractivity contribution is -0.116. The molecule has 0 aliphatic carbocycles. The highest BCUT2D eigenvalue weighted by Crippen LogP contribution is 2.28. The van der Waals surface area contributed by atoms with Gasteiger partial charge in [0.15, 0.2) is 0 Å². The van der Waals surface area contributed by atoms with Crippen LogP contribution in [0.2, 0.25) is 5.02 Å². The van der Waals surface area contributed by atoms with Gasteiger partial charge in [-0.15, -0.1) is 0 Å². The van der Waals surface area contributed by atoms with Gasteiger partial charge in [0.2, 0.25) is 5.91 Å². The SMILES string of the molecule is CC(C)NCCC(=O)Nc1ccc(OC(F)F)c(Cl)c1. The van der Waals surface area contributed by atoms with Crippen LogP contribution in [-0.2, 0) is 4.79 Å². The molecule has 1 aromatic rings. The normalized spacial score (nSPS) is 10.9. The number of nitrogens with one attached hydrogen (secondary N) is 2. The quantitative estimate of drug-likeness (QED) is 0.813. The number of ether oxygens (including phenoxy) is 1. The molecular weight excluding hydrogens is 290 g/mol. The maximum absolute atomic E-state index is 12.1. The summed E-state index contributed by atoms with van der Waals surface area (Å²) in [6.07, 6.45) is 0.311. The Morgan fingerprint density at radius 3 is 2.65 bits per heavy atom. The molecule has 0 aliphatic rings. The molecule has 0 bridgehead atoms. The van der Waals surface area contributed by atoms with Crippen molar-refractivity contribution in [1.82, 2.24) is 5.32 Å². The second-order valence-corrected chi connectivity index (χ2v) is 4.84. The first-order chi connectivity index (χ1) is 9.38. The van der Waals surface area contributed by atoms with Crippen molar-refractivity contribution in [2.45, 2.75) is 32.9 Å². The van der Waals surface area contributed by atoms with Gasteiger partial charge in [-0.05, 0) is 18.2 Å². The van der Waals surface area contributed by atoms with Gasteiger partial charge in [-0.3, -0.25) is 4.79 Å². The number of halogens is 3. The summed E-state index contributed by atoms with van der Waals surface area (Å²) in [4.78, 5) is 11.6. The standard InChI is InChI=1S/C13H17ClF2N2O2/c1-8(2)17-6-5-12(19)18-9-3-4-11(10(14)7-9)20-13(15)16/h3-4,7-8,13,17H,5-6H2,1-2H3,(H,18,19). The molecule has 112 valence electrons. The number of rotatable bonds is 7. The molecule has 4 nitrogen and oxygen atoms in total. The molecule has 20 heavy (non-hydrogen) atoms. The molecule has 7 heteroatoms. The minimum Gasteiger partial charge on any atom is -0.433 e. The van der Waals surface area contributed by atoms with Crippen molar-refractivity contribution in [2.24, 2.45) is 0 Å². The van der Waals surface area contributed by atoms with Crippen LogP contribution in [0.25, 0.3) is 0 Å². The molecule has 0 radical (unpaired) electrons. The molecule has 2 N–H and O–H groups in total. The molecule has 0 aromatic heterocycles. The highest BCUT2D eigenvalue weighted by atomic mass is 35.5. The van der Waals surface area contributed by atoms with Gasteiger partial charge in [0.05, 0.1) is 5.02 Å². The van der Waals surface area contributed by atoms with Crippen molar-refractivity contribution in [3.8, 4) is 5.75 Å². The van der Waals surface area contributed by atoms with Crippen molar-refractivity contribution in [3.63, 3.8) is 0 Å². The van der Waals surface area contributed by atoms with Crippen LogP contribution in [0.5, 0.6) is 5.75 Å². The summed E-state index contributed by atoms with van der Waals surface area (Å²) >= 11 is 5.78. The number of benzene rings is 1. The molecule has 0 unspecified atom stereocenters. The van der Waals surface area contributed by atoms with E-state index in [1.807, 2.05) is 13.8 Å². The Balaban J connectivity index is 2.52. The molecule has 1 amide bonds. The van der Waals surface area contributed by atoms with Gasteiger partial charge in [-0.1, -0.05) is 25.4 Å². The molecular formula is C13H17ClF2N2O2. The number of alkyl halides is 2. The average molecular weight is 307 g/mol. The van der Waals surface area contributed by atoms with Gasteiger partial charge in [0.25, 0.3) is 0 Å². The summed E-state index contributed by atoms with van der Waals surface area (Å²) in [5.74, 6) is -0.308. The van der Waals surface area contributed by atoms with Crippen molar-refractivity contribution in [2.75, 3.05) is 11.9 Å². The topological polar surface area (TPSA) is 50.4 Å². The second-order valence-electron chi connectivity index (χ2n) is 4.43. The van der Waals surface area contributed by atoms with E-state index in [0.717, 1.165) is 0 Å². The predicted octanol–water partition coefficient (Wildman–Crippen LogP) is 3.27. The smallest absolute Gasteiger partial charge is 0.387 e. The van der Waals surface area contributed by atoms with E-state index in [1.54, 1.807) is 0 Å². The summed E-state index contributed by atoms with van der Waals surface area (Å²) in [7, 11) is 0. The monoisotopic (exact) mass is 306 g/mol. The summed E-state index contributed by atoms with van der Waals surface area (Å²) in [6, 6.07) is 4.42. The minimum atomic E-state index is -2.94. The third-order valence-corrected chi connectivity index (χ3v) is 2.63. The summed E-state index contributed by atoms with van der Waals surface area (Å²) in [5, 5.41) is 5.76. The number of carbonyl (C=O) groups is 1. The van der Waals surface area contributed by atoms with Gasteiger partial charge < -0.3 is 15.4 Å². The van der Waals surface area contributed by atoms with Crippen LogP contribution >= 0.6 is 11.6 Å². The van der Waals surface area contributed by atoms with E-state index >= 15 is 0 Å². The molecule has 0 heterocycles. The fourth-order valence-corrected chi connectivity index (χ4v) is 1.69. The van der Waals surface area contributed by atoms with Gasteiger partial charge in [0.1, 0.15) is 5.75 Å². The van der Waals surface area contributed by atoms with Crippen LogP contribution in [0.15, 0.2) is 18.2 Å². The maximum atomic E-state index is 12.1. The van der Waals surface area contributed by atoms with E-state index in [9.17, 15) is 13.6 Å². The lowest BCUT2D eigenvalue weighted by Gasteiger charge is -2.10. The van der Waals surface area contributed by atoms with Crippen molar-refractivity contribution in [1.29, 1.82) is 0 Å². The zero-order chi connectivity index (χ0) is 15.1. The van der Waals surface area contributed by atoms with E-state index in [2.05, 4.69) is 15.4 Å². The Kier molecular flexibility index (Phi) is 6.67. The Hall–Kier alpha value is -1.40. The van der Waals surface area contributed by atoms with Gasteiger partial charge in [-0.25, -0.2) is 0 Å². The van der Waals surface area contributed by atoms with Crippen molar-refractivity contribution < 1.29 is 18.3 Å². The van der Waals surface area contributed by atoms with Crippen LogP contribution in [0.4, 0.5) is 14.5 Å². The van der Waals surface area contributed by atoms with Crippen LogP contribution in [0.3, 0.4) is 0 Å². The number of hydrogen-bond acceptors (Lipinski definition) is 3. The zero-order valence-electron chi connectivity index (χ0n) is 11.3. The van der Waals surface area contributed by atoms with Gasteiger partial charge in [-0.2, -0.15) is 8.78 Å². The van der Waals surface area contributed by atoms with Gasteiger partial charge >= 0.3 is 6.61 Å². The number of amides is 1. The molecule has 0 atom stereocenters. The molecule has 0 spiro atoms. The van der Waals surface area contributed by atoms with Crippen LogP contribution in [0.1, 0.15) is 20.3 Å². The predicted molar refractivity (Wildman–Crippen MR) is 74.5 cm³/mol. The Bertz CT molecular complexity index is 456. The van der Waals surface area contributed by atoms with Crippen LogP contribution < -0.4 is 15.4 Å². The first-order valence-electron chi connectivity index (χ1n) is 6.16. The number of carbonyl (C=O) groups excluding carboxylic acids is 1. The summed E-state index contributed by atoms with van der Waals surface area (Å²) < 4.78 is 28.3.